The lowest BCUT2D eigenvalue weighted by molar-refractivity contribution is -0.118. The van der Waals surface area contributed by atoms with Crippen LogP contribution in [-0.4, -0.2) is 26.8 Å². The standard InChI is InChI=1S/C18H20N4OS/c1-18(2)8-13-15(14(23)9-18)16(22-17(21-13)19-10-20-22)11-4-6-12(24-3)7-5-11/h4-7,10,16H,8-9H2,1-3H3,(H,19,20,21). The number of benzene rings is 1. The molecule has 1 aromatic carbocycles. The van der Waals surface area contributed by atoms with Crippen LogP contribution in [0, 0.1) is 5.41 Å². The third kappa shape index (κ3) is 2.45. The predicted octanol–water partition coefficient (Wildman–Crippen LogP) is 3.66. The molecule has 0 amide bonds. The topological polar surface area (TPSA) is 59.8 Å². The van der Waals surface area contributed by atoms with E-state index in [4.69, 9.17) is 0 Å². The van der Waals surface area contributed by atoms with Crippen molar-refractivity contribution in [1.29, 1.82) is 0 Å². The van der Waals surface area contributed by atoms with Crippen molar-refractivity contribution < 1.29 is 4.79 Å². The third-order valence-corrected chi connectivity index (χ3v) is 5.45. The molecule has 1 aliphatic carbocycles. The monoisotopic (exact) mass is 340 g/mol. The van der Waals surface area contributed by atoms with Gasteiger partial charge in [-0.05, 0) is 35.8 Å². The third-order valence-electron chi connectivity index (χ3n) is 4.71. The number of hydrogen-bond donors (Lipinski definition) is 1. The zero-order chi connectivity index (χ0) is 16.9. The summed E-state index contributed by atoms with van der Waals surface area (Å²) in [7, 11) is 0. The van der Waals surface area contributed by atoms with Crippen molar-refractivity contribution in [1.82, 2.24) is 14.8 Å². The highest BCUT2D eigenvalue weighted by atomic mass is 32.2. The van der Waals surface area contributed by atoms with E-state index in [1.807, 2.05) is 4.68 Å². The summed E-state index contributed by atoms with van der Waals surface area (Å²) in [4.78, 5) is 18.4. The van der Waals surface area contributed by atoms with Gasteiger partial charge < -0.3 is 5.32 Å². The van der Waals surface area contributed by atoms with Crippen molar-refractivity contribution in [3.8, 4) is 0 Å². The molecular weight excluding hydrogens is 320 g/mol. The van der Waals surface area contributed by atoms with Crippen LogP contribution in [0.25, 0.3) is 0 Å². The van der Waals surface area contributed by atoms with Gasteiger partial charge in [0.15, 0.2) is 5.78 Å². The first-order valence-corrected chi connectivity index (χ1v) is 9.28. The highest BCUT2D eigenvalue weighted by Crippen LogP contribution is 2.45. The number of nitrogens with one attached hydrogen (secondary N) is 1. The maximum absolute atomic E-state index is 12.9. The Bertz CT molecular complexity index is 835. The van der Waals surface area contributed by atoms with Gasteiger partial charge in [0, 0.05) is 22.6 Å². The van der Waals surface area contributed by atoms with E-state index in [1.165, 1.54) is 4.90 Å². The van der Waals surface area contributed by atoms with Crippen molar-refractivity contribution in [3.05, 3.63) is 47.4 Å². The van der Waals surface area contributed by atoms with Crippen molar-refractivity contribution in [2.24, 2.45) is 5.41 Å². The van der Waals surface area contributed by atoms with E-state index in [1.54, 1.807) is 18.1 Å². The summed E-state index contributed by atoms with van der Waals surface area (Å²) in [6, 6.07) is 8.17. The Hall–Kier alpha value is -2.08. The molecule has 0 saturated carbocycles. The van der Waals surface area contributed by atoms with Gasteiger partial charge in [0.05, 0.1) is 0 Å². The van der Waals surface area contributed by atoms with Gasteiger partial charge >= 0.3 is 0 Å². The van der Waals surface area contributed by atoms with Crippen LogP contribution in [0.1, 0.15) is 38.3 Å². The Morgan fingerprint density at radius 2 is 2.00 bits per heavy atom. The second-order valence-corrected chi connectivity index (χ2v) is 8.04. The number of carbonyl (C=O) groups excluding carboxylic acids is 1. The number of aromatic nitrogens is 3. The molecule has 2 heterocycles. The molecule has 24 heavy (non-hydrogen) atoms. The molecule has 124 valence electrons. The lowest BCUT2D eigenvalue weighted by Crippen LogP contribution is -2.36. The Balaban J connectivity index is 1.86. The van der Waals surface area contributed by atoms with Crippen LogP contribution in [-0.2, 0) is 4.79 Å². The average Bonchev–Trinajstić information content (AvgIpc) is 3.00. The summed E-state index contributed by atoms with van der Waals surface area (Å²) in [6.45, 7) is 4.27. The second kappa shape index (κ2) is 5.48. The van der Waals surface area contributed by atoms with Gasteiger partial charge in [-0.3, -0.25) is 4.79 Å². The maximum Gasteiger partial charge on any atom is 0.226 e. The molecule has 4 rings (SSSR count). The van der Waals surface area contributed by atoms with Gasteiger partial charge in [0.1, 0.15) is 12.4 Å². The molecule has 1 N–H and O–H groups in total. The molecule has 0 bridgehead atoms. The largest absolute Gasteiger partial charge is 0.328 e. The zero-order valence-electron chi connectivity index (χ0n) is 14.0. The van der Waals surface area contributed by atoms with Gasteiger partial charge in [-0.2, -0.15) is 10.1 Å². The number of hydrogen-bond acceptors (Lipinski definition) is 5. The summed E-state index contributed by atoms with van der Waals surface area (Å²) < 4.78 is 1.82. The van der Waals surface area contributed by atoms with Crippen LogP contribution in [0.5, 0.6) is 0 Å². The van der Waals surface area contributed by atoms with E-state index in [-0.39, 0.29) is 17.2 Å². The number of thioether (sulfide) groups is 1. The molecule has 1 aliphatic heterocycles. The number of Topliss-reactive ketones (excluding diaryl/α,β-unsaturated/α-hetero) is 1. The number of anilines is 1. The van der Waals surface area contributed by atoms with Crippen molar-refractivity contribution in [3.63, 3.8) is 0 Å². The van der Waals surface area contributed by atoms with Crippen LogP contribution in [0.4, 0.5) is 5.95 Å². The molecule has 0 fully saturated rings. The van der Waals surface area contributed by atoms with Gasteiger partial charge in [-0.25, -0.2) is 4.68 Å². The first kappa shape index (κ1) is 15.4. The minimum absolute atomic E-state index is 0.0294. The Morgan fingerprint density at radius 3 is 2.71 bits per heavy atom. The van der Waals surface area contributed by atoms with E-state index < -0.39 is 0 Å². The van der Waals surface area contributed by atoms with Crippen LogP contribution in [0.2, 0.25) is 0 Å². The van der Waals surface area contributed by atoms with Crippen LogP contribution in [0.15, 0.2) is 46.8 Å². The summed E-state index contributed by atoms with van der Waals surface area (Å²) in [5.41, 5.74) is 2.87. The molecule has 0 spiro atoms. The Morgan fingerprint density at radius 1 is 1.25 bits per heavy atom. The summed E-state index contributed by atoms with van der Waals surface area (Å²) in [5, 5.41) is 7.70. The summed E-state index contributed by atoms with van der Waals surface area (Å²) in [6.07, 6.45) is 5.01. The first-order chi connectivity index (χ1) is 11.5. The molecular formula is C18H20N4OS. The quantitative estimate of drug-likeness (QED) is 0.846. The fraction of sp³-hybridized carbons (Fsp3) is 0.389. The number of rotatable bonds is 2. The van der Waals surface area contributed by atoms with Crippen molar-refractivity contribution in [2.45, 2.75) is 37.6 Å². The van der Waals surface area contributed by atoms with Crippen LogP contribution in [0.3, 0.4) is 0 Å². The van der Waals surface area contributed by atoms with Gasteiger partial charge in [0.2, 0.25) is 5.95 Å². The fourth-order valence-electron chi connectivity index (χ4n) is 3.64. The van der Waals surface area contributed by atoms with E-state index in [2.05, 4.69) is 59.8 Å². The highest BCUT2D eigenvalue weighted by molar-refractivity contribution is 7.98. The smallest absolute Gasteiger partial charge is 0.226 e. The lowest BCUT2D eigenvalue weighted by Gasteiger charge is -2.38. The fourth-order valence-corrected chi connectivity index (χ4v) is 4.05. The molecule has 6 heteroatoms. The number of carbonyl (C=O) groups is 1. The van der Waals surface area contributed by atoms with Gasteiger partial charge in [-0.15, -0.1) is 11.8 Å². The summed E-state index contributed by atoms with van der Waals surface area (Å²) >= 11 is 1.71. The van der Waals surface area contributed by atoms with E-state index in [9.17, 15) is 4.79 Å². The molecule has 0 saturated heterocycles. The van der Waals surface area contributed by atoms with Gasteiger partial charge in [-0.1, -0.05) is 26.0 Å². The van der Waals surface area contributed by atoms with Crippen LogP contribution >= 0.6 is 11.8 Å². The minimum atomic E-state index is -0.196. The minimum Gasteiger partial charge on any atom is -0.328 e. The second-order valence-electron chi connectivity index (χ2n) is 7.16. The molecule has 1 aromatic heterocycles. The average molecular weight is 340 g/mol. The number of allylic oxidation sites excluding steroid dienone is 2. The molecule has 0 radical (unpaired) electrons. The van der Waals surface area contributed by atoms with Gasteiger partial charge in [0.25, 0.3) is 0 Å². The lowest BCUT2D eigenvalue weighted by atomic mass is 9.73. The number of fused-ring (bicyclic) bond motifs is 1. The highest BCUT2D eigenvalue weighted by Gasteiger charge is 2.41. The van der Waals surface area contributed by atoms with E-state index >= 15 is 0 Å². The van der Waals surface area contributed by atoms with E-state index in [0.717, 1.165) is 23.3 Å². The molecule has 2 aromatic rings. The zero-order valence-corrected chi connectivity index (χ0v) is 14.9. The van der Waals surface area contributed by atoms with E-state index in [0.29, 0.717) is 12.4 Å². The number of nitrogens with zero attached hydrogens (tertiary/aromatic N) is 3. The van der Waals surface area contributed by atoms with Crippen molar-refractivity contribution in [2.75, 3.05) is 11.6 Å². The predicted molar refractivity (Wildman–Crippen MR) is 95.1 cm³/mol. The molecule has 1 unspecified atom stereocenters. The van der Waals surface area contributed by atoms with Crippen LogP contribution < -0.4 is 5.32 Å². The first-order valence-electron chi connectivity index (χ1n) is 8.05. The Labute approximate surface area is 145 Å². The molecule has 5 nitrogen and oxygen atoms in total. The number of ketones is 1. The SMILES string of the molecule is CSc1ccc(C2C3=C(CC(C)(C)CC3=O)Nc3ncnn32)cc1. The summed E-state index contributed by atoms with van der Waals surface area (Å²) in [5.74, 6) is 0.909. The normalized spacial score (nSPS) is 22.0. The van der Waals surface area contributed by atoms with Crippen molar-refractivity contribution >= 4 is 23.5 Å². The molecule has 1 atom stereocenters. The maximum atomic E-state index is 12.9. The Kier molecular flexibility index (Phi) is 3.53. The molecule has 2 aliphatic rings.